The number of hydrogen-bond acceptors (Lipinski definition) is 5. The molecule has 0 bridgehead atoms. The lowest BCUT2D eigenvalue weighted by Gasteiger charge is -2.26. The minimum Gasteiger partial charge on any atom is -0.315 e. The molecule has 0 saturated carbocycles. The van der Waals surface area contributed by atoms with Crippen LogP contribution in [0.3, 0.4) is 0 Å². The van der Waals surface area contributed by atoms with Crippen LogP contribution in [-0.2, 0) is 9.84 Å². The van der Waals surface area contributed by atoms with Gasteiger partial charge in [0.1, 0.15) is 5.71 Å². The molecule has 228 valence electrons. The lowest BCUT2D eigenvalue weighted by molar-refractivity contribution is -0.0628. The Morgan fingerprint density at radius 3 is 2.21 bits per heavy atom. The Hall–Kier alpha value is -3.40. The molecule has 1 unspecified atom stereocenters. The monoisotopic (exact) mass is 649 g/mol. The standard InChI is InChI=1S/C32H32Cl2F3N3O2S/c1-7-20(2)31(32(35,36)37)39-38-22(4)21(3)19-40(23(5)27-13-8-9-14-28(27)33)30-16-15-25(18-29(30)34)24-11-10-12-26(17-24)43(6,41)42/h8-20H,5,7H2,1-4,6H3/b21-19+,38-22+,39-31+. The molecule has 0 amide bonds. The topological polar surface area (TPSA) is 62.1 Å². The molecule has 0 aliphatic carbocycles. The summed E-state index contributed by atoms with van der Waals surface area (Å²) in [6.45, 7) is 10.6. The van der Waals surface area contributed by atoms with Crippen molar-refractivity contribution in [3.05, 3.63) is 101 Å². The first-order chi connectivity index (χ1) is 20.0. The van der Waals surface area contributed by atoms with Crippen LogP contribution in [0, 0.1) is 5.92 Å². The highest BCUT2D eigenvalue weighted by Crippen LogP contribution is 2.37. The number of hydrogen-bond donors (Lipinski definition) is 0. The third kappa shape index (κ3) is 8.59. The van der Waals surface area contributed by atoms with E-state index in [9.17, 15) is 21.6 Å². The van der Waals surface area contributed by atoms with Gasteiger partial charge in [0.2, 0.25) is 0 Å². The third-order valence-corrected chi connectivity index (χ3v) is 8.59. The molecule has 3 rings (SSSR count). The largest absolute Gasteiger partial charge is 0.431 e. The molecule has 0 radical (unpaired) electrons. The summed E-state index contributed by atoms with van der Waals surface area (Å²) in [5, 5.41) is 8.24. The second-order valence-electron chi connectivity index (χ2n) is 10.1. The van der Waals surface area contributed by atoms with Crippen LogP contribution in [0.2, 0.25) is 10.0 Å². The van der Waals surface area contributed by atoms with Crippen LogP contribution >= 0.6 is 23.2 Å². The molecule has 1 atom stereocenters. The summed E-state index contributed by atoms with van der Waals surface area (Å²) in [5.74, 6) is -0.812. The minimum absolute atomic E-state index is 0.178. The van der Waals surface area contributed by atoms with Crippen molar-refractivity contribution < 1.29 is 21.6 Å². The van der Waals surface area contributed by atoms with Crippen molar-refractivity contribution in [2.75, 3.05) is 11.2 Å². The Bertz CT molecular complexity index is 1710. The van der Waals surface area contributed by atoms with Crippen LogP contribution in [-0.4, -0.2) is 32.3 Å². The summed E-state index contributed by atoms with van der Waals surface area (Å²) in [6.07, 6.45) is -1.54. The fourth-order valence-electron chi connectivity index (χ4n) is 4.03. The van der Waals surface area contributed by atoms with E-state index in [2.05, 4.69) is 16.8 Å². The van der Waals surface area contributed by atoms with Crippen LogP contribution < -0.4 is 4.90 Å². The number of halogens is 5. The van der Waals surface area contributed by atoms with Gasteiger partial charge in [-0.15, -0.1) is 5.10 Å². The maximum atomic E-state index is 13.6. The molecule has 43 heavy (non-hydrogen) atoms. The van der Waals surface area contributed by atoms with Crippen molar-refractivity contribution in [2.24, 2.45) is 16.1 Å². The van der Waals surface area contributed by atoms with Crippen molar-refractivity contribution in [3.63, 3.8) is 0 Å². The lowest BCUT2D eigenvalue weighted by Crippen LogP contribution is -2.28. The predicted molar refractivity (Wildman–Crippen MR) is 173 cm³/mol. The van der Waals surface area contributed by atoms with Crippen LogP contribution in [0.15, 0.2) is 100 Å². The molecule has 5 nitrogen and oxygen atoms in total. The van der Waals surface area contributed by atoms with E-state index in [1.54, 1.807) is 92.5 Å². The Balaban J connectivity index is 2.13. The molecular formula is C32H32Cl2F3N3O2S. The Kier molecular flexibility index (Phi) is 11.0. The van der Waals surface area contributed by atoms with Crippen LogP contribution in [0.25, 0.3) is 16.8 Å². The molecule has 0 spiro atoms. The van der Waals surface area contributed by atoms with Crippen molar-refractivity contribution in [2.45, 2.75) is 45.2 Å². The summed E-state index contributed by atoms with van der Waals surface area (Å²) in [5.41, 5.74) is 2.71. The second kappa shape index (κ2) is 13.9. The van der Waals surface area contributed by atoms with E-state index in [-0.39, 0.29) is 17.0 Å². The molecule has 0 aliphatic heterocycles. The zero-order chi connectivity index (χ0) is 32.1. The molecule has 0 aromatic heterocycles. The molecule has 0 aliphatic rings. The van der Waals surface area contributed by atoms with Crippen molar-refractivity contribution in [3.8, 4) is 11.1 Å². The number of anilines is 1. The highest BCUT2D eigenvalue weighted by atomic mass is 35.5. The summed E-state index contributed by atoms with van der Waals surface area (Å²) < 4.78 is 64.8. The minimum atomic E-state index is -4.60. The normalized spacial score (nSPS) is 14.0. The van der Waals surface area contributed by atoms with Gasteiger partial charge in [-0.3, -0.25) is 0 Å². The average molecular weight is 651 g/mol. The van der Waals surface area contributed by atoms with E-state index in [0.29, 0.717) is 43.7 Å². The van der Waals surface area contributed by atoms with Gasteiger partial charge in [-0.1, -0.05) is 80.0 Å². The molecule has 11 heteroatoms. The van der Waals surface area contributed by atoms with E-state index < -0.39 is 27.6 Å². The van der Waals surface area contributed by atoms with E-state index in [0.717, 1.165) is 6.26 Å². The quantitative estimate of drug-likeness (QED) is 0.162. The molecule has 0 saturated heterocycles. The number of alkyl halides is 3. The van der Waals surface area contributed by atoms with Crippen molar-refractivity contribution >= 4 is 55.8 Å². The molecule has 0 fully saturated rings. The van der Waals surface area contributed by atoms with E-state index in [1.807, 2.05) is 0 Å². The number of sulfone groups is 1. The smallest absolute Gasteiger partial charge is 0.315 e. The van der Waals surface area contributed by atoms with Gasteiger partial charge in [-0.2, -0.15) is 18.3 Å². The third-order valence-electron chi connectivity index (χ3n) is 6.85. The van der Waals surface area contributed by atoms with Gasteiger partial charge in [-0.05, 0) is 67.3 Å². The number of benzene rings is 3. The number of nitrogens with zero attached hydrogens (tertiary/aromatic N) is 3. The highest BCUT2D eigenvalue weighted by Gasteiger charge is 2.38. The average Bonchev–Trinajstić information content (AvgIpc) is 2.94. The summed E-state index contributed by atoms with van der Waals surface area (Å²) in [4.78, 5) is 1.86. The molecule has 0 heterocycles. The fraction of sp³-hybridized carbons (Fsp3) is 0.250. The van der Waals surface area contributed by atoms with Crippen LogP contribution in [0.5, 0.6) is 0 Å². The van der Waals surface area contributed by atoms with Crippen molar-refractivity contribution in [1.82, 2.24) is 0 Å². The maximum Gasteiger partial charge on any atom is 0.431 e. The van der Waals surface area contributed by atoms with Crippen molar-refractivity contribution in [1.29, 1.82) is 0 Å². The van der Waals surface area contributed by atoms with Gasteiger partial charge < -0.3 is 4.90 Å². The Morgan fingerprint density at radius 2 is 1.63 bits per heavy atom. The van der Waals surface area contributed by atoms with Crippen LogP contribution in [0.4, 0.5) is 18.9 Å². The first kappa shape index (κ1) is 34.1. The zero-order valence-corrected chi connectivity index (χ0v) is 26.7. The van der Waals surface area contributed by atoms with E-state index in [4.69, 9.17) is 23.2 Å². The Labute approximate surface area is 261 Å². The summed E-state index contributed by atoms with van der Waals surface area (Å²) in [6, 6.07) is 18.8. The SMILES string of the molecule is C=C(c1ccccc1Cl)N(/C=C(C)/C(C)=N/N=C(\C(C)CC)C(F)(F)F)c1ccc(-c2cccc(S(C)(=O)=O)c2)cc1Cl. The lowest BCUT2D eigenvalue weighted by atomic mass is 10.0. The predicted octanol–water partition coefficient (Wildman–Crippen LogP) is 9.87. The van der Waals surface area contributed by atoms with Gasteiger partial charge in [-0.25, -0.2) is 8.42 Å². The molecule has 3 aromatic carbocycles. The number of rotatable bonds is 10. The van der Waals surface area contributed by atoms with Gasteiger partial charge in [0.15, 0.2) is 9.84 Å². The van der Waals surface area contributed by atoms with E-state index in [1.165, 1.54) is 13.0 Å². The first-order valence-corrected chi connectivity index (χ1v) is 15.9. The van der Waals surface area contributed by atoms with Gasteiger partial charge >= 0.3 is 6.18 Å². The van der Waals surface area contributed by atoms with Gasteiger partial charge in [0.25, 0.3) is 0 Å². The van der Waals surface area contributed by atoms with Gasteiger partial charge in [0, 0.05) is 34.7 Å². The molecular weight excluding hydrogens is 618 g/mol. The number of allylic oxidation sites excluding steroid dienone is 1. The van der Waals surface area contributed by atoms with Gasteiger partial charge in [0.05, 0.1) is 21.3 Å². The summed E-state index contributed by atoms with van der Waals surface area (Å²) in [7, 11) is -3.41. The first-order valence-electron chi connectivity index (χ1n) is 13.3. The van der Waals surface area contributed by atoms with E-state index >= 15 is 0 Å². The Morgan fingerprint density at radius 1 is 0.977 bits per heavy atom. The zero-order valence-electron chi connectivity index (χ0n) is 24.4. The summed E-state index contributed by atoms with van der Waals surface area (Å²) >= 11 is 13.3. The maximum absolute atomic E-state index is 13.6. The van der Waals surface area contributed by atoms with Crippen LogP contribution in [0.1, 0.15) is 39.7 Å². The highest BCUT2D eigenvalue weighted by molar-refractivity contribution is 7.90. The second-order valence-corrected chi connectivity index (χ2v) is 12.9. The molecule has 0 N–H and O–H groups in total. The molecule has 3 aromatic rings. The fourth-order valence-corrected chi connectivity index (χ4v) is 5.21.